The number of Topliss-reactive ketones (excluding diaryl/α,β-unsaturated/α-hetero) is 2. The van der Waals surface area contributed by atoms with E-state index in [1.165, 1.54) is 44.9 Å². The first-order valence-electron chi connectivity index (χ1n) is 13.0. The molecule has 214 valence electrons. The third-order valence-corrected chi connectivity index (χ3v) is 6.88. The van der Waals surface area contributed by atoms with E-state index in [2.05, 4.69) is 60.8 Å². The summed E-state index contributed by atoms with van der Waals surface area (Å²) in [6.07, 6.45) is 12.8. The quantitative estimate of drug-likeness (QED) is 0.0715. The van der Waals surface area contributed by atoms with Gasteiger partial charge in [-0.3, -0.25) is 9.59 Å². The van der Waals surface area contributed by atoms with Crippen molar-refractivity contribution in [1.29, 1.82) is 0 Å². The fourth-order valence-electron chi connectivity index (χ4n) is 3.00. The first-order chi connectivity index (χ1) is 17.2. The predicted octanol–water partition coefficient (Wildman–Crippen LogP) is 3.61. The summed E-state index contributed by atoms with van der Waals surface area (Å²) in [6, 6.07) is -0.393. The van der Waals surface area contributed by atoms with Crippen molar-refractivity contribution in [3.63, 3.8) is 0 Å². The van der Waals surface area contributed by atoms with Crippen LogP contribution < -0.4 is 16.0 Å². The van der Waals surface area contributed by atoms with Crippen LogP contribution in [0.5, 0.6) is 0 Å². The van der Waals surface area contributed by atoms with Crippen LogP contribution >= 0.6 is 37.9 Å². The lowest BCUT2D eigenvalue weighted by Gasteiger charge is -2.18. The number of aldehydes is 2. The SMILES string of the molecule is CCCCCCCCCCC(CN[C@@H](CS)C(C)=O)C(C)=O.CN[C@H](C=O)CS.CN[C@H](C=O)CS. The summed E-state index contributed by atoms with van der Waals surface area (Å²) in [5.41, 5.74) is 0. The molecule has 0 saturated heterocycles. The molecular weight excluding hydrogens is 515 g/mol. The van der Waals surface area contributed by atoms with Crippen molar-refractivity contribution in [2.24, 2.45) is 5.92 Å². The summed E-state index contributed by atoms with van der Waals surface area (Å²) in [5, 5.41) is 8.69. The van der Waals surface area contributed by atoms with Gasteiger partial charge in [-0.2, -0.15) is 37.9 Å². The smallest absolute Gasteiger partial charge is 0.147 e. The fourth-order valence-corrected chi connectivity index (χ4v) is 3.92. The summed E-state index contributed by atoms with van der Waals surface area (Å²) in [7, 11) is 3.46. The van der Waals surface area contributed by atoms with Gasteiger partial charge in [0.15, 0.2) is 0 Å². The average Bonchev–Trinajstić information content (AvgIpc) is 2.87. The fraction of sp³-hybridized carbons (Fsp3) is 0.846. The van der Waals surface area contributed by atoms with E-state index in [4.69, 9.17) is 0 Å². The molecule has 4 atom stereocenters. The van der Waals surface area contributed by atoms with Gasteiger partial charge in [-0.05, 0) is 34.4 Å². The molecule has 0 spiro atoms. The normalized spacial score (nSPS) is 13.7. The molecule has 0 aromatic rings. The Morgan fingerprint density at radius 2 is 1.17 bits per heavy atom. The molecule has 0 saturated carbocycles. The minimum atomic E-state index is -0.233. The number of nitrogens with one attached hydrogen (secondary N) is 3. The molecular formula is C26H53N3O4S3. The number of hydrogen-bond acceptors (Lipinski definition) is 10. The number of carbonyl (C=O) groups excluding carboxylic acids is 4. The summed E-state index contributed by atoms with van der Waals surface area (Å²) in [5.74, 6) is 1.96. The van der Waals surface area contributed by atoms with Crippen molar-refractivity contribution >= 4 is 62.0 Å². The third-order valence-electron chi connectivity index (χ3n) is 5.73. The van der Waals surface area contributed by atoms with Crippen LogP contribution in [0.1, 0.15) is 78.6 Å². The molecule has 7 nitrogen and oxygen atoms in total. The van der Waals surface area contributed by atoms with Gasteiger partial charge >= 0.3 is 0 Å². The maximum absolute atomic E-state index is 11.7. The number of rotatable bonds is 21. The topological polar surface area (TPSA) is 104 Å². The molecule has 36 heavy (non-hydrogen) atoms. The van der Waals surface area contributed by atoms with Crippen molar-refractivity contribution < 1.29 is 19.2 Å². The molecule has 10 heteroatoms. The van der Waals surface area contributed by atoms with Gasteiger partial charge in [-0.25, -0.2) is 0 Å². The Bertz CT molecular complexity index is 519. The second kappa shape index (κ2) is 30.8. The highest BCUT2D eigenvalue weighted by Crippen LogP contribution is 2.14. The standard InChI is InChI=1S/C18H35NO2S.2C4H9NOS/c1-4-5-6-7-8-9-10-11-12-17(15(2)20)13-19-18(14-22)16(3)21;2*1-5-4(2-6)3-7/h17-19,22H,4-14H2,1-3H3;2*2,4-5,7H,3H2,1H3/t17?,18-;2*4-/m011/s1. The van der Waals surface area contributed by atoms with E-state index in [0.29, 0.717) is 23.8 Å². The first kappa shape index (κ1) is 40.1. The van der Waals surface area contributed by atoms with Crippen molar-refractivity contribution in [2.75, 3.05) is 37.9 Å². The maximum atomic E-state index is 11.7. The van der Waals surface area contributed by atoms with Gasteiger partial charge in [0.05, 0.1) is 18.1 Å². The minimum absolute atomic E-state index is 0.0295. The molecule has 0 aliphatic rings. The zero-order chi connectivity index (χ0) is 28.2. The van der Waals surface area contributed by atoms with Crippen molar-refractivity contribution in [3.8, 4) is 0 Å². The largest absolute Gasteiger partial charge is 0.310 e. The van der Waals surface area contributed by atoms with Gasteiger partial charge in [-0.15, -0.1) is 0 Å². The Balaban J connectivity index is -0.000000632. The van der Waals surface area contributed by atoms with Crippen molar-refractivity contribution in [3.05, 3.63) is 0 Å². The van der Waals surface area contributed by atoms with Crippen molar-refractivity contribution in [2.45, 2.75) is 96.7 Å². The van der Waals surface area contributed by atoms with Crippen LogP contribution in [0.2, 0.25) is 0 Å². The Hall–Kier alpha value is -0.390. The highest BCUT2D eigenvalue weighted by molar-refractivity contribution is 7.80. The number of thiol groups is 3. The Morgan fingerprint density at radius 1 is 0.722 bits per heavy atom. The molecule has 0 amide bonds. The Morgan fingerprint density at radius 3 is 1.44 bits per heavy atom. The van der Waals surface area contributed by atoms with E-state index >= 15 is 0 Å². The molecule has 0 rings (SSSR count). The van der Waals surface area contributed by atoms with Gasteiger partial charge in [0, 0.05) is 29.7 Å². The molecule has 0 heterocycles. The third kappa shape index (κ3) is 26.7. The second-order valence-corrected chi connectivity index (χ2v) is 9.85. The van der Waals surface area contributed by atoms with Gasteiger partial charge in [0.2, 0.25) is 0 Å². The zero-order valence-corrected chi connectivity index (χ0v) is 25.8. The van der Waals surface area contributed by atoms with Crippen LogP contribution in [0.15, 0.2) is 0 Å². The van der Waals surface area contributed by atoms with Crippen LogP contribution in [-0.4, -0.2) is 80.2 Å². The number of ketones is 2. The lowest BCUT2D eigenvalue weighted by molar-refractivity contribution is -0.122. The van der Waals surface area contributed by atoms with Crippen LogP contribution in [0.3, 0.4) is 0 Å². The summed E-state index contributed by atoms with van der Waals surface area (Å²) in [6.45, 7) is 6.05. The molecule has 0 radical (unpaired) electrons. The van der Waals surface area contributed by atoms with Gasteiger partial charge < -0.3 is 25.5 Å². The van der Waals surface area contributed by atoms with Gasteiger partial charge in [-0.1, -0.05) is 58.3 Å². The molecule has 0 aliphatic heterocycles. The minimum Gasteiger partial charge on any atom is -0.310 e. The zero-order valence-electron chi connectivity index (χ0n) is 23.1. The van der Waals surface area contributed by atoms with Crippen LogP contribution in [0, 0.1) is 5.92 Å². The van der Waals surface area contributed by atoms with Crippen LogP contribution in [0.25, 0.3) is 0 Å². The maximum Gasteiger partial charge on any atom is 0.147 e. The summed E-state index contributed by atoms with van der Waals surface area (Å²) in [4.78, 5) is 42.8. The first-order valence-corrected chi connectivity index (χ1v) is 14.9. The van der Waals surface area contributed by atoms with E-state index in [1.54, 1.807) is 27.9 Å². The van der Waals surface area contributed by atoms with Crippen molar-refractivity contribution in [1.82, 2.24) is 16.0 Å². The highest BCUT2D eigenvalue weighted by atomic mass is 32.1. The average molecular weight is 568 g/mol. The molecule has 1 unspecified atom stereocenters. The lowest BCUT2D eigenvalue weighted by atomic mass is 9.96. The highest BCUT2D eigenvalue weighted by Gasteiger charge is 2.17. The Kier molecular flexibility index (Phi) is 34.4. The predicted molar refractivity (Wildman–Crippen MR) is 163 cm³/mol. The molecule has 3 N–H and O–H groups in total. The van der Waals surface area contributed by atoms with Gasteiger partial charge in [0.25, 0.3) is 0 Å². The molecule has 0 aliphatic carbocycles. The molecule has 0 fully saturated rings. The molecule has 0 bridgehead atoms. The van der Waals surface area contributed by atoms with Crippen LogP contribution in [-0.2, 0) is 19.2 Å². The number of unbranched alkanes of at least 4 members (excludes halogenated alkanes) is 7. The van der Waals surface area contributed by atoms with E-state index < -0.39 is 0 Å². The molecule has 0 aromatic heterocycles. The van der Waals surface area contributed by atoms with Crippen LogP contribution in [0.4, 0.5) is 0 Å². The number of likely N-dealkylation sites (N-methyl/N-ethyl adjacent to an activating group) is 2. The number of hydrogen-bond donors (Lipinski definition) is 6. The number of carbonyl (C=O) groups is 4. The summed E-state index contributed by atoms with van der Waals surface area (Å²) >= 11 is 11.9. The van der Waals surface area contributed by atoms with E-state index in [1.807, 2.05) is 0 Å². The van der Waals surface area contributed by atoms with E-state index in [0.717, 1.165) is 25.4 Å². The monoisotopic (exact) mass is 567 g/mol. The summed E-state index contributed by atoms with van der Waals surface area (Å²) < 4.78 is 0. The van der Waals surface area contributed by atoms with E-state index in [-0.39, 0.29) is 35.6 Å². The Labute approximate surface area is 237 Å². The second-order valence-electron chi connectivity index (χ2n) is 8.75. The molecule has 0 aromatic carbocycles. The van der Waals surface area contributed by atoms with E-state index in [9.17, 15) is 19.2 Å². The lowest BCUT2D eigenvalue weighted by Crippen LogP contribution is -2.41. The van der Waals surface area contributed by atoms with Gasteiger partial charge in [0.1, 0.15) is 24.1 Å².